The van der Waals surface area contributed by atoms with Crippen molar-refractivity contribution in [3.05, 3.63) is 81.9 Å². The lowest BCUT2D eigenvalue weighted by Gasteiger charge is -2.09. The molecule has 0 aliphatic carbocycles. The summed E-state index contributed by atoms with van der Waals surface area (Å²) in [4.78, 5) is 17.0. The molecule has 0 aliphatic heterocycles. The molecule has 0 saturated carbocycles. The van der Waals surface area contributed by atoms with Crippen molar-refractivity contribution < 1.29 is 4.79 Å². The molecular formula is C19H15Cl2N5O. The van der Waals surface area contributed by atoms with Crippen LogP contribution in [0.25, 0.3) is 5.65 Å². The Morgan fingerprint density at radius 2 is 2.04 bits per heavy atom. The normalized spacial score (nSPS) is 11.1. The van der Waals surface area contributed by atoms with Crippen LogP contribution in [0.4, 0.5) is 5.82 Å². The maximum Gasteiger partial charge on any atom is 0.277 e. The number of imidazole rings is 1. The lowest BCUT2D eigenvalue weighted by Crippen LogP contribution is -2.16. The zero-order chi connectivity index (χ0) is 19.0. The minimum Gasteiger partial charge on any atom is -0.305 e. The minimum absolute atomic E-state index is 0.304. The predicted octanol–water partition coefficient (Wildman–Crippen LogP) is 4.45. The summed E-state index contributed by atoms with van der Waals surface area (Å²) in [6.07, 6.45) is 3.34. The zero-order valence-corrected chi connectivity index (χ0v) is 15.9. The van der Waals surface area contributed by atoms with E-state index in [2.05, 4.69) is 15.4 Å². The molecule has 3 aromatic heterocycles. The van der Waals surface area contributed by atoms with Gasteiger partial charge >= 0.3 is 0 Å². The second-order valence-corrected chi connectivity index (χ2v) is 6.93. The fourth-order valence-electron chi connectivity index (χ4n) is 2.81. The van der Waals surface area contributed by atoms with Crippen LogP contribution in [-0.4, -0.2) is 25.1 Å². The number of benzene rings is 1. The Morgan fingerprint density at radius 3 is 2.81 bits per heavy atom. The summed E-state index contributed by atoms with van der Waals surface area (Å²) in [5.74, 6) is 0.252. The maximum atomic E-state index is 12.6. The smallest absolute Gasteiger partial charge is 0.277 e. The highest BCUT2D eigenvalue weighted by Gasteiger charge is 2.14. The second kappa shape index (κ2) is 7.06. The van der Waals surface area contributed by atoms with Crippen LogP contribution in [0.5, 0.6) is 0 Å². The molecule has 0 unspecified atom stereocenters. The number of anilines is 1. The van der Waals surface area contributed by atoms with E-state index in [4.69, 9.17) is 23.2 Å². The van der Waals surface area contributed by atoms with E-state index in [1.807, 2.05) is 35.6 Å². The first-order valence-electron chi connectivity index (χ1n) is 8.23. The van der Waals surface area contributed by atoms with E-state index in [0.717, 1.165) is 16.9 Å². The summed E-state index contributed by atoms with van der Waals surface area (Å²) in [5.41, 5.74) is 2.91. The number of hydrogen-bond acceptors (Lipinski definition) is 3. The number of pyridine rings is 1. The van der Waals surface area contributed by atoms with Gasteiger partial charge in [-0.25, -0.2) is 9.67 Å². The average molecular weight is 400 g/mol. The van der Waals surface area contributed by atoms with Gasteiger partial charge in [0.1, 0.15) is 17.2 Å². The van der Waals surface area contributed by atoms with Gasteiger partial charge in [-0.05, 0) is 36.8 Å². The highest BCUT2D eigenvalue weighted by molar-refractivity contribution is 6.35. The molecule has 0 aliphatic rings. The molecule has 4 rings (SSSR count). The molecule has 3 heterocycles. The summed E-state index contributed by atoms with van der Waals surface area (Å²) in [6.45, 7) is 2.37. The number of nitrogens with one attached hydrogen (secondary N) is 1. The fraction of sp³-hybridized carbons (Fsp3) is 0.105. The highest BCUT2D eigenvalue weighted by Crippen LogP contribution is 2.23. The summed E-state index contributed by atoms with van der Waals surface area (Å²) < 4.78 is 3.54. The van der Waals surface area contributed by atoms with Crippen LogP contribution >= 0.6 is 23.2 Å². The van der Waals surface area contributed by atoms with Crippen molar-refractivity contribution >= 4 is 40.6 Å². The van der Waals surface area contributed by atoms with Crippen LogP contribution in [0.3, 0.4) is 0 Å². The van der Waals surface area contributed by atoms with Gasteiger partial charge in [0, 0.05) is 28.0 Å². The third-order valence-corrected chi connectivity index (χ3v) is 4.81. The largest absolute Gasteiger partial charge is 0.305 e. The van der Waals surface area contributed by atoms with Crippen molar-refractivity contribution in [1.82, 2.24) is 19.2 Å². The van der Waals surface area contributed by atoms with Gasteiger partial charge in [-0.1, -0.05) is 35.3 Å². The number of rotatable bonds is 4. The standard InChI is InChI=1S/C19H15Cl2N5O/c1-12-3-2-4-17-23-16(11-25(12)17)19(27)24-18-7-8-22-26(18)10-13-5-6-14(20)9-15(13)21/h2-9,11H,10H2,1H3,(H,24,27). The van der Waals surface area contributed by atoms with Crippen molar-refractivity contribution in [2.75, 3.05) is 5.32 Å². The summed E-state index contributed by atoms with van der Waals surface area (Å²) in [5, 5.41) is 8.23. The van der Waals surface area contributed by atoms with E-state index in [1.165, 1.54) is 0 Å². The van der Waals surface area contributed by atoms with E-state index < -0.39 is 0 Å². The molecule has 27 heavy (non-hydrogen) atoms. The predicted molar refractivity (Wildman–Crippen MR) is 106 cm³/mol. The number of nitrogens with zero attached hydrogens (tertiary/aromatic N) is 4. The van der Waals surface area contributed by atoms with Gasteiger partial charge in [-0.3, -0.25) is 4.79 Å². The highest BCUT2D eigenvalue weighted by atomic mass is 35.5. The van der Waals surface area contributed by atoms with Gasteiger partial charge in [0.15, 0.2) is 0 Å². The van der Waals surface area contributed by atoms with Crippen LogP contribution in [0, 0.1) is 6.92 Å². The molecule has 0 bridgehead atoms. The van der Waals surface area contributed by atoms with Crippen LogP contribution in [0.2, 0.25) is 10.0 Å². The molecule has 1 aromatic carbocycles. The molecular weight excluding hydrogens is 385 g/mol. The van der Waals surface area contributed by atoms with Gasteiger partial charge in [0.2, 0.25) is 0 Å². The second-order valence-electron chi connectivity index (χ2n) is 6.09. The molecule has 6 nitrogen and oxygen atoms in total. The van der Waals surface area contributed by atoms with Crippen molar-refractivity contribution in [2.24, 2.45) is 0 Å². The Labute approximate surface area is 165 Å². The molecule has 0 atom stereocenters. The molecule has 1 amide bonds. The lowest BCUT2D eigenvalue weighted by molar-refractivity contribution is 0.102. The molecule has 8 heteroatoms. The molecule has 0 saturated heterocycles. The third kappa shape index (κ3) is 3.54. The maximum absolute atomic E-state index is 12.6. The number of hydrogen-bond donors (Lipinski definition) is 1. The first kappa shape index (κ1) is 17.6. The Bertz CT molecular complexity index is 1150. The van der Waals surface area contributed by atoms with E-state index in [0.29, 0.717) is 28.1 Å². The number of halogens is 2. The molecule has 0 spiro atoms. The number of amides is 1. The molecule has 4 aromatic rings. The molecule has 136 valence electrons. The Hall–Kier alpha value is -2.83. The summed E-state index contributed by atoms with van der Waals surface area (Å²) >= 11 is 12.2. The van der Waals surface area contributed by atoms with Gasteiger partial charge < -0.3 is 9.72 Å². The Kier molecular flexibility index (Phi) is 4.59. The molecule has 1 N–H and O–H groups in total. The number of aromatic nitrogens is 4. The van der Waals surface area contributed by atoms with Gasteiger partial charge in [-0.2, -0.15) is 5.10 Å². The van der Waals surface area contributed by atoms with Gasteiger partial charge in [0.25, 0.3) is 5.91 Å². The number of carbonyl (C=O) groups excluding carboxylic acids is 1. The molecule has 0 fully saturated rings. The number of aryl methyl sites for hydroxylation is 1. The van der Waals surface area contributed by atoms with E-state index in [-0.39, 0.29) is 5.91 Å². The lowest BCUT2D eigenvalue weighted by atomic mass is 10.2. The Morgan fingerprint density at radius 1 is 1.19 bits per heavy atom. The first-order valence-corrected chi connectivity index (χ1v) is 8.98. The van der Waals surface area contributed by atoms with E-state index in [1.54, 1.807) is 35.3 Å². The first-order chi connectivity index (χ1) is 13.0. The topological polar surface area (TPSA) is 64.2 Å². The monoisotopic (exact) mass is 399 g/mol. The van der Waals surface area contributed by atoms with Crippen LogP contribution in [-0.2, 0) is 6.54 Å². The van der Waals surface area contributed by atoms with Crippen molar-refractivity contribution in [3.63, 3.8) is 0 Å². The quantitative estimate of drug-likeness (QED) is 0.551. The number of fused-ring (bicyclic) bond motifs is 1. The fourth-order valence-corrected chi connectivity index (χ4v) is 3.28. The summed E-state index contributed by atoms with van der Waals surface area (Å²) in [6, 6.07) is 12.7. The van der Waals surface area contributed by atoms with Crippen molar-refractivity contribution in [1.29, 1.82) is 0 Å². The van der Waals surface area contributed by atoms with Crippen LogP contribution in [0.1, 0.15) is 21.7 Å². The SMILES string of the molecule is Cc1cccc2nc(C(=O)Nc3ccnn3Cc3ccc(Cl)cc3Cl)cn12. The Balaban J connectivity index is 1.57. The zero-order valence-electron chi connectivity index (χ0n) is 14.4. The van der Waals surface area contributed by atoms with Gasteiger partial charge in [0.05, 0.1) is 12.7 Å². The summed E-state index contributed by atoms with van der Waals surface area (Å²) in [7, 11) is 0. The van der Waals surface area contributed by atoms with Crippen LogP contribution < -0.4 is 5.32 Å². The molecule has 0 radical (unpaired) electrons. The number of carbonyl (C=O) groups is 1. The minimum atomic E-state index is -0.304. The van der Waals surface area contributed by atoms with E-state index in [9.17, 15) is 4.79 Å². The van der Waals surface area contributed by atoms with E-state index >= 15 is 0 Å². The van der Waals surface area contributed by atoms with Crippen molar-refractivity contribution in [3.8, 4) is 0 Å². The third-order valence-electron chi connectivity index (χ3n) is 4.22. The average Bonchev–Trinajstić information content (AvgIpc) is 3.25. The van der Waals surface area contributed by atoms with Crippen molar-refractivity contribution in [2.45, 2.75) is 13.5 Å². The van der Waals surface area contributed by atoms with Gasteiger partial charge in [-0.15, -0.1) is 0 Å². The van der Waals surface area contributed by atoms with Crippen LogP contribution in [0.15, 0.2) is 54.9 Å².